The third-order valence-electron chi connectivity index (χ3n) is 5.19. The van der Waals surface area contributed by atoms with Gasteiger partial charge in [-0.3, -0.25) is 4.79 Å². The highest BCUT2D eigenvalue weighted by Crippen LogP contribution is 2.33. The summed E-state index contributed by atoms with van der Waals surface area (Å²) in [5.41, 5.74) is 0.356. The first-order valence-corrected chi connectivity index (χ1v) is 10.3. The van der Waals surface area contributed by atoms with Crippen LogP contribution in [0, 0.1) is 11.3 Å². The van der Waals surface area contributed by atoms with E-state index in [1.165, 1.54) is 11.8 Å². The van der Waals surface area contributed by atoms with Crippen LogP contribution >= 0.6 is 11.8 Å². The lowest BCUT2D eigenvalue weighted by atomic mass is 9.81. The molecule has 1 aromatic heterocycles. The molecule has 1 heterocycles. The summed E-state index contributed by atoms with van der Waals surface area (Å²) in [6.45, 7) is 0. The number of nitriles is 1. The van der Waals surface area contributed by atoms with Crippen molar-refractivity contribution in [3.8, 4) is 11.8 Å². The van der Waals surface area contributed by atoms with Crippen molar-refractivity contribution >= 4 is 17.7 Å². The van der Waals surface area contributed by atoms with E-state index < -0.39 is 5.54 Å². The highest BCUT2D eigenvalue weighted by Gasteiger charge is 2.38. The Labute approximate surface area is 169 Å². The molecule has 1 saturated carbocycles. The number of hydrogen-bond donors (Lipinski definition) is 0. The molecule has 0 atom stereocenters. The van der Waals surface area contributed by atoms with Gasteiger partial charge in [0.05, 0.1) is 25.4 Å². The first-order valence-electron chi connectivity index (χ1n) is 9.32. The zero-order valence-corrected chi connectivity index (χ0v) is 17.0. The van der Waals surface area contributed by atoms with Crippen molar-refractivity contribution in [1.82, 2.24) is 15.1 Å². The molecule has 0 saturated heterocycles. The van der Waals surface area contributed by atoms with Gasteiger partial charge >= 0.3 is 0 Å². The molecule has 0 bridgehead atoms. The van der Waals surface area contributed by atoms with E-state index in [4.69, 9.17) is 9.15 Å². The van der Waals surface area contributed by atoms with Gasteiger partial charge in [0, 0.05) is 7.05 Å². The molecule has 1 fully saturated rings. The Hall–Kier alpha value is -2.53. The zero-order chi connectivity index (χ0) is 20.0. The number of amides is 1. The lowest BCUT2D eigenvalue weighted by Gasteiger charge is -2.38. The van der Waals surface area contributed by atoms with Crippen LogP contribution in [0.1, 0.15) is 43.6 Å². The van der Waals surface area contributed by atoms with E-state index in [0.717, 1.165) is 43.4 Å². The monoisotopic (exact) mass is 400 g/mol. The van der Waals surface area contributed by atoms with E-state index in [0.29, 0.717) is 17.5 Å². The van der Waals surface area contributed by atoms with Crippen LogP contribution in [-0.4, -0.2) is 46.5 Å². The molecule has 148 valence electrons. The molecule has 28 heavy (non-hydrogen) atoms. The molecule has 1 amide bonds. The van der Waals surface area contributed by atoms with Crippen LogP contribution in [0.4, 0.5) is 0 Å². The molecule has 0 N–H and O–H groups in total. The summed E-state index contributed by atoms with van der Waals surface area (Å²) < 4.78 is 10.8. The molecule has 1 aromatic carbocycles. The molecule has 2 aromatic rings. The Morgan fingerprint density at radius 3 is 2.64 bits per heavy atom. The number of nitrogens with zero attached hydrogens (tertiary/aromatic N) is 4. The third-order valence-corrected chi connectivity index (χ3v) is 5.99. The predicted octanol–water partition coefficient (Wildman–Crippen LogP) is 3.45. The Balaban J connectivity index is 1.54. The second-order valence-electron chi connectivity index (χ2n) is 6.93. The van der Waals surface area contributed by atoms with Crippen molar-refractivity contribution in [2.45, 2.75) is 49.3 Å². The number of ether oxygens (including phenoxy) is 1. The van der Waals surface area contributed by atoms with Crippen LogP contribution in [0.25, 0.3) is 0 Å². The number of rotatable bonds is 7. The molecule has 8 heteroatoms. The summed E-state index contributed by atoms with van der Waals surface area (Å²) >= 11 is 1.21. The first-order chi connectivity index (χ1) is 13.6. The van der Waals surface area contributed by atoms with Crippen LogP contribution in [0.3, 0.4) is 0 Å². The maximum absolute atomic E-state index is 12.6. The Morgan fingerprint density at radius 1 is 1.29 bits per heavy atom. The molecule has 3 rings (SSSR count). The fourth-order valence-electron chi connectivity index (χ4n) is 3.40. The lowest BCUT2D eigenvalue weighted by molar-refractivity contribution is -0.131. The zero-order valence-electron chi connectivity index (χ0n) is 16.2. The van der Waals surface area contributed by atoms with E-state index >= 15 is 0 Å². The summed E-state index contributed by atoms with van der Waals surface area (Å²) in [5.74, 6) is 1.36. The van der Waals surface area contributed by atoms with E-state index in [2.05, 4.69) is 16.3 Å². The summed E-state index contributed by atoms with van der Waals surface area (Å²) in [4.78, 5) is 14.2. The molecule has 0 spiro atoms. The summed E-state index contributed by atoms with van der Waals surface area (Å²) in [6.07, 6.45) is 5.08. The number of thioether (sulfide) groups is 1. The van der Waals surface area contributed by atoms with Crippen molar-refractivity contribution in [1.29, 1.82) is 5.26 Å². The largest absolute Gasteiger partial charge is 0.497 e. The van der Waals surface area contributed by atoms with Gasteiger partial charge < -0.3 is 14.1 Å². The molecule has 0 radical (unpaired) electrons. The molecule has 7 nitrogen and oxygen atoms in total. The van der Waals surface area contributed by atoms with Crippen molar-refractivity contribution < 1.29 is 13.9 Å². The highest BCUT2D eigenvalue weighted by molar-refractivity contribution is 7.99. The molecular weight excluding hydrogens is 376 g/mol. The molecule has 1 aliphatic carbocycles. The Bertz CT molecular complexity index is 838. The van der Waals surface area contributed by atoms with Crippen LogP contribution in [0.5, 0.6) is 5.75 Å². The third kappa shape index (κ3) is 4.65. The maximum Gasteiger partial charge on any atom is 0.277 e. The van der Waals surface area contributed by atoms with Crippen LogP contribution in [0.15, 0.2) is 33.9 Å². The Morgan fingerprint density at radius 2 is 2.00 bits per heavy atom. The van der Waals surface area contributed by atoms with Gasteiger partial charge in [-0.05, 0) is 30.5 Å². The predicted molar refractivity (Wildman–Crippen MR) is 105 cm³/mol. The Kier molecular flexibility index (Phi) is 6.57. The van der Waals surface area contributed by atoms with Crippen molar-refractivity contribution in [3.63, 3.8) is 0 Å². The maximum atomic E-state index is 12.6. The minimum Gasteiger partial charge on any atom is -0.497 e. The van der Waals surface area contributed by atoms with Gasteiger partial charge in [-0.25, -0.2) is 0 Å². The smallest absolute Gasteiger partial charge is 0.277 e. The van der Waals surface area contributed by atoms with Gasteiger partial charge in [-0.15, -0.1) is 10.2 Å². The molecular formula is C20H24N4O3S. The number of carbonyl (C=O) groups excluding carboxylic acids is 1. The van der Waals surface area contributed by atoms with Crippen LogP contribution in [0.2, 0.25) is 0 Å². The second-order valence-corrected chi connectivity index (χ2v) is 7.86. The van der Waals surface area contributed by atoms with E-state index in [9.17, 15) is 10.1 Å². The number of aromatic nitrogens is 2. The minimum absolute atomic E-state index is 0.0941. The van der Waals surface area contributed by atoms with Gasteiger partial charge in [0.25, 0.3) is 5.22 Å². The SMILES string of the molecule is COc1ccc(Cc2nnc(SCC(=O)N(C)C3(C#N)CCCCC3)o2)cc1. The average Bonchev–Trinajstić information content (AvgIpc) is 3.19. The lowest BCUT2D eigenvalue weighted by Crippen LogP contribution is -2.50. The normalized spacial score (nSPS) is 15.6. The fourth-order valence-corrected chi connectivity index (χ4v) is 4.10. The highest BCUT2D eigenvalue weighted by atomic mass is 32.2. The fraction of sp³-hybridized carbons (Fsp3) is 0.500. The molecule has 0 unspecified atom stereocenters. The van der Waals surface area contributed by atoms with E-state index in [1.54, 1.807) is 19.1 Å². The van der Waals surface area contributed by atoms with E-state index in [1.807, 2.05) is 24.3 Å². The number of carbonyl (C=O) groups is 1. The molecule has 0 aliphatic heterocycles. The minimum atomic E-state index is -0.676. The van der Waals surface area contributed by atoms with Crippen LogP contribution < -0.4 is 4.74 Å². The van der Waals surface area contributed by atoms with Crippen LogP contribution in [-0.2, 0) is 11.2 Å². The van der Waals surface area contributed by atoms with Crippen molar-refractivity contribution in [2.75, 3.05) is 19.9 Å². The van der Waals surface area contributed by atoms with Crippen molar-refractivity contribution in [3.05, 3.63) is 35.7 Å². The molecule has 1 aliphatic rings. The summed E-state index contributed by atoms with van der Waals surface area (Å²) in [7, 11) is 3.35. The number of benzene rings is 1. The van der Waals surface area contributed by atoms with Crippen molar-refractivity contribution in [2.24, 2.45) is 0 Å². The quantitative estimate of drug-likeness (QED) is 0.657. The number of methoxy groups -OCH3 is 1. The summed E-state index contributed by atoms with van der Waals surface area (Å²) in [5, 5.41) is 18.0. The first kappa shape index (κ1) is 20.2. The summed E-state index contributed by atoms with van der Waals surface area (Å²) in [6, 6.07) is 10.0. The van der Waals surface area contributed by atoms with Gasteiger partial charge in [0.1, 0.15) is 11.3 Å². The standard InChI is InChI=1S/C20H24N4O3S/c1-24(20(14-21)10-4-3-5-11-20)18(25)13-28-19-23-22-17(27-19)12-15-6-8-16(26-2)9-7-15/h6-9H,3-5,10-13H2,1-2H3. The van der Waals surface area contributed by atoms with Gasteiger partial charge in [0.2, 0.25) is 11.8 Å². The topological polar surface area (TPSA) is 92.3 Å². The van der Waals surface area contributed by atoms with Gasteiger partial charge in [0.15, 0.2) is 0 Å². The average molecular weight is 401 g/mol. The van der Waals surface area contributed by atoms with E-state index in [-0.39, 0.29) is 11.7 Å². The van der Waals surface area contributed by atoms with Gasteiger partial charge in [-0.2, -0.15) is 5.26 Å². The number of hydrogen-bond acceptors (Lipinski definition) is 7. The van der Waals surface area contributed by atoms with Gasteiger partial charge in [-0.1, -0.05) is 43.2 Å². The second kappa shape index (κ2) is 9.11.